The largest absolute Gasteiger partial charge is 0.465 e. The van der Waals surface area contributed by atoms with Crippen LogP contribution < -0.4 is 5.32 Å². The van der Waals surface area contributed by atoms with E-state index < -0.39 is 17.2 Å². The molecule has 2 unspecified atom stereocenters. The van der Waals surface area contributed by atoms with E-state index in [0.717, 1.165) is 12.0 Å². The minimum absolute atomic E-state index is 0.0259. The van der Waals surface area contributed by atoms with Gasteiger partial charge in [-0.25, -0.2) is 0 Å². The van der Waals surface area contributed by atoms with Crippen LogP contribution in [0.25, 0.3) is 11.6 Å². The van der Waals surface area contributed by atoms with E-state index in [-0.39, 0.29) is 11.9 Å². The molecule has 1 aromatic rings. The number of nitrogens with zero attached hydrogens (tertiary/aromatic N) is 1. The SMILES string of the molecule is CCCOC(=O)C1(C)C=C(c2ccc(/C=C3\C(=O)NC(=O)C(C=NC)=C3C)o2)C=CC1C. The molecule has 2 heterocycles. The molecular weight excluding hydrogens is 408 g/mol. The fraction of sp³-hybridized carbons (Fsp3) is 0.360. The van der Waals surface area contributed by atoms with Gasteiger partial charge in [-0.15, -0.1) is 0 Å². The monoisotopic (exact) mass is 436 g/mol. The Labute approximate surface area is 187 Å². The molecule has 168 valence electrons. The summed E-state index contributed by atoms with van der Waals surface area (Å²) in [6.07, 6.45) is 9.54. The molecule has 1 N–H and O–H groups in total. The summed E-state index contributed by atoms with van der Waals surface area (Å²) in [5.41, 5.74) is 1.15. The molecular formula is C25H28N2O5. The van der Waals surface area contributed by atoms with E-state index in [0.29, 0.717) is 34.8 Å². The molecule has 0 fully saturated rings. The zero-order valence-corrected chi connectivity index (χ0v) is 19.0. The molecule has 1 aromatic heterocycles. The van der Waals surface area contributed by atoms with Crippen molar-refractivity contribution in [1.82, 2.24) is 5.32 Å². The Morgan fingerprint density at radius 2 is 2.06 bits per heavy atom. The zero-order chi connectivity index (χ0) is 23.5. The van der Waals surface area contributed by atoms with Crippen LogP contribution in [0.4, 0.5) is 0 Å². The number of nitrogens with one attached hydrogen (secondary N) is 1. The van der Waals surface area contributed by atoms with E-state index in [1.54, 1.807) is 32.2 Å². The number of ether oxygens (including phenoxy) is 1. The first kappa shape index (κ1) is 23.2. The standard InChI is InChI=1S/C25H28N2O5/c1-6-11-31-24(30)25(4)13-17(8-7-15(25)2)21-10-9-18(32-21)12-19-16(3)20(14-26-5)23(29)27-22(19)28/h7-10,12-15H,6,11H2,1-5H3,(H,27,28,29)/b19-12-,26-14?. The molecule has 2 amide bonds. The van der Waals surface area contributed by atoms with Gasteiger partial charge in [-0.05, 0) is 50.0 Å². The normalized spacial score (nSPS) is 24.8. The van der Waals surface area contributed by atoms with Crippen LogP contribution in [0, 0.1) is 11.3 Å². The van der Waals surface area contributed by atoms with Gasteiger partial charge in [0.25, 0.3) is 11.8 Å². The number of allylic oxidation sites excluding steroid dienone is 3. The van der Waals surface area contributed by atoms with Gasteiger partial charge in [0, 0.05) is 24.4 Å². The van der Waals surface area contributed by atoms with E-state index >= 15 is 0 Å². The molecule has 32 heavy (non-hydrogen) atoms. The Bertz CT molecular complexity index is 1100. The lowest BCUT2D eigenvalue weighted by Crippen LogP contribution is -2.38. The lowest BCUT2D eigenvalue weighted by atomic mass is 9.73. The summed E-state index contributed by atoms with van der Waals surface area (Å²) in [6, 6.07) is 3.53. The highest BCUT2D eigenvalue weighted by Crippen LogP contribution is 2.39. The van der Waals surface area contributed by atoms with Crippen LogP contribution in [-0.2, 0) is 19.1 Å². The molecule has 1 aliphatic carbocycles. The van der Waals surface area contributed by atoms with Crippen LogP contribution in [0.2, 0.25) is 0 Å². The molecule has 0 saturated carbocycles. The second-order valence-corrected chi connectivity index (χ2v) is 8.14. The minimum Gasteiger partial charge on any atom is -0.465 e. The third-order valence-electron chi connectivity index (χ3n) is 5.82. The van der Waals surface area contributed by atoms with Crippen LogP contribution in [-0.4, -0.2) is 37.7 Å². The van der Waals surface area contributed by atoms with Crippen molar-refractivity contribution >= 4 is 35.6 Å². The first-order valence-electron chi connectivity index (χ1n) is 10.6. The van der Waals surface area contributed by atoms with E-state index in [9.17, 15) is 14.4 Å². The Balaban J connectivity index is 1.94. The van der Waals surface area contributed by atoms with Crippen molar-refractivity contribution in [3.05, 3.63) is 58.6 Å². The quantitative estimate of drug-likeness (QED) is 0.316. The van der Waals surface area contributed by atoms with E-state index in [4.69, 9.17) is 9.15 Å². The van der Waals surface area contributed by atoms with Gasteiger partial charge in [-0.3, -0.25) is 24.7 Å². The van der Waals surface area contributed by atoms with Crippen LogP contribution in [0.3, 0.4) is 0 Å². The summed E-state index contributed by atoms with van der Waals surface area (Å²) in [5, 5.41) is 2.32. The predicted octanol–water partition coefficient (Wildman–Crippen LogP) is 3.89. The summed E-state index contributed by atoms with van der Waals surface area (Å²) in [6.45, 7) is 7.88. The highest BCUT2D eigenvalue weighted by molar-refractivity contribution is 6.25. The van der Waals surface area contributed by atoms with E-state index in [1.807, 2.05) is 39.0 Å². The van der Waals surface area contributed by atoms with Crippen LogP contribution >= 0.6 is 0 Å². The Hall–Kier alpha value is -3.48. The average molecular weight is 437 g/mol. The van der Waals surface area contributed by atoms with Gasteiger partial charge in [-0.2, -0.15) is 0 Å². The molecule has 7 heteroatoms. The number of carbonyl (C=O) groups excluding carboxylic acids is 3. The third kappa shape index (κ3) is 4.42. The van der Waals surface area contributed by atoms with Crippen molar-refractivity contribution in [2.75, 3.05) is 13.7 Å². The predicted molar refractivity (Wildman–Crippen MR) is 123 cm³/mol. The molecule has 0 bridgehead atoms. The number of imide groups is 1. The van der Waals surface area contributed by atoms with Gasteiger partial charge in [0.05, 0.1) is 17.6 Å². The average Bonchev–Trinajstić information content (AvgIpc) is 3.23. The fourth-order valence-corrected chi connectivity index (χ4v) is 3.61. The first-order valence-corrected chi connectivity index (χ1v) is 10.6. The molecule has 2 atom stereocenters. The van der Waals surface area contributed by atoms with Crippen molar-refractivity contribution in [1.29, 1.82) is 0 Å². The summed E-state index contributed by atoms with van der Waals surface area (Å²) in [7, 11) is 1.56. The molecule has 7 nitrogen and oxygen atoms in total. The van der Waals surface area contributed by atoms with Gasteiger partial charge in [0.2, 0.25) is 0 Å². The fourth-order valence-electron chi connectivity index (χ4n) is 3.61. The van der Waals surface area contributed by atoms with Gasteiger partial charge in [-0.1, -0.05) is 32.1 Å². The van der Waals surface area contributed by atoms with Gasteiger partial charge in [0.1, 0.15) is 11.5 Å². The number of amides is 2. The number of furan rings is 1. The molecule has 0 saturated heterocycles. The third-order valence-corrected chi connectivity index (χ3v) is 5.82. The maximum absolute atomic E-state index is 12.7. The van der Waals surface area contributed by atoms with Gasteiger partial charge < -0.3 is 9.15 Å². The van der Waals surface area contributed by atoms with Crippen molar-refractivity contribution in [2.45, 2.75) is 34.1 Å². The second kappa shape index (κ2) is 9.34. The lowest BCUT2D eigenvalue weighted by molar-refractivity contribution is -0.153. The molecule has 0 aromatic carbocycles. The summed E-state index contributed by atoms with van der Waals surface area (Å²) in [4.78, 5) is 41.0. The van der Waals surface area contributed by atoms with Crippen molar-refractivity contribution in [3.63, 3.8) is 0 Å². The van der Waals surface area contributed by atoms with E-state index in [2.05, 4.69) is 10.3 Å². The molecule has 0 spiro atoms. The number of hydrogen-bond acceptors (Lipinski definition) is 6. The zero-order valence-electron chi connectivity index (χ0n) is 19.0. The number of rotatable bonds is 6. The number of carbonyl (C=O) groups is 3. The Kier molecular flexibility index (Phi) is 6.77. The Morgan fingerprint density at radius 3 is 2.75 bits per heavy atom. The highest BCUT2D eigenvalue weighted by Gasteiger charge is 2.39. The maximum atomic E-state index is 12.7. The molecule has 1 aliphatic heterocycles. The van der Waals surface area contributed by atoms with Crippen molar-refractivity contribution in [2.24, 2.45) is 16.3 Å². The summed E-state index contributed by atoms with van der Waals surface area (Å²) in [5.74, 6) is -0.237. The van der Waals surface area contributed by atoms with Crippen LogP contribution in [0.1, 0.15) is 45.6 Å². The number of aliphatic imine (C=N–C) groups is 1. The first-order chi connectivity index (χ1) is 15.2. The highest BCUT2D eigenvalue weighted by atomic mass is 16.5. The smallest absolute Gasteiger partial charge is 0.316 e. The summed E-state index contributed by atoms with van der Waals surface area (Å²) >= 11 is 0. The molecule has 3 rings (SSSR count). The van der Waals surface area contributed by atoms with E-state index in [1.165, 1.54) is 6.21 Å². The lowest BCUT2D eigenvalue weighted by Gasteiger charge is -2.31. The summed E-state index contributed by atoms with van der Waals surface area (Å²) < 4.78 is 11.4. The van der Waals surface area contributed by atoms with Crippen LogP contribution in [0.5, 0.6) is 0 Å². The topological polar surface area (TPSA) is 98.0 Å². The van der Waals surface area contributed by atoms with Crippen LogP contribution in [0.15, 0.2) is 56.5 Å². The number of esters is 1. The van der Waals surface area contributed by atoms with Gasteiger partial charge in [0.15, 0.2) is 0 Å². The molecule has 2 aliphatic rings. The maximum Gasteiger partial charge on any atom is 0.316 e. The molecule has 0 radical (unpaired) electrons. The van der Waals surface area contributed by atoms with Crippen molar-refractivity contribution < 1.29 is 23.5 Å². The van der Waals surface area contributed by atoms with Crippen molar-refractivity contribution in [3.8, 4) is 0 Å². The second-order valence-electron chi connectivity index (χ2n) is 8.14. The van der Waals surface area contributed by atoms with Gasteiger partial charge >= 0.3 is 5.97 Å². The number of hydrogen-bond donors (Lipinski definition) is 1. The Morgan fingerprint density at radius 1 is 1.31 bits per heavy atom. The minimum atomic E-state index is -0.804.